The molecule has 0 aromatic carbocycles. The van der Waals surface area contributed by atoms with E-state index in [9.17, 15) is 14.7 Å². The van der Waals surface area contributed by atoms with Crippen molar-refractivity contribution in [1.82, 2.24) is 4.90 Å². The van der Waals surface area contributed by atoms with Crippen LogP contribution in [0.2, 0.25) is 0 Å². The molecule has 0 saturated carbocycles. The summed E-state index contributed by atoms with van der Waals surface area (Å²) in [5.74, 6) is -1.08. The Bertz CT molecular complexity index is 289. The molecule has 1 amide bonds. The minimum Gasteiger partial charge on any atom is -0.479 e. The second-order valence-corrected chi connectivity index (χ2v) is 3.72. The van der Waals surface area contributed by atoms with E-state index in [1.165, 1.54) is 6.08 Å². The quantitative estimate of drug-likeness (QED) is 0.697. The van der Waals surface area contributed by atoms with Crippen LogP contribution in [-0.2, 0) is 4.79 Å². The molecular weight excluding hydrogens is 198 g/mol. The van der Waals surface area contributed by atoms with Gasteiger partial charge in [0.15, 0.2) is 0 Å². The van der Waals surface area contributed by atoms with Gasteiger partial charge in [-0.15, -0.1) is 6.58 Å². The summed E-state index contributed by atoms with van der Waals surface area (Å²) in [4.78, 5) is 23.2. The van der Waals surface area contributed by atoms with E-state index in [1.54, 1.807) is 0 Å². The fourth-order valence-corrected chi connectivity index (χ4v) is 2.08. The molecule has 1 aliphatic rings. The Morgan fingerprint density at radius 2 is 2.07 bits per heavy atom. The standard InChI is InChI=1S/C10H15NO4/c1-2-5-10(8(12)13)6-3-4-7-11(10)9(14)15/h2H,1,3-7H2,(H,12,13)(H,14,15)/t10-/m1/s1. The molecule has 1 fully saturated rings. The second-order valence-electron chi connectivity index (χ2n) is 3.72. The Kier molecular flexibility index (Phi) is 3.34. The van der Waals surface area contributed by atoms with Crippen molar-refractivity contribution < 1.29 is 19.8 Å². The van der Waals surface area contributed by atoms with Gasteiger partial charge in [0.05, 0.1) is 0 Å². The fourth-order valence-electron chi connectivity index (χ4n) is 2.08. The SMILES string of the molecule is C=CC[C@]1(C(=O)O)CCCCN1C(=O)O. The Morgan fingerprint density at radius 3 is 2.53 bits per heavy atom. The third-order valence-electron chi connectivity index (χ3n) is 2.85. The largest absolute Gasteiger partial charge is 0.479 e. The number of amides is 1. The zero-order chi connectivity index (χ0) is 11.5. The summed E-state index contributed by atoms with van der Waals surface area (Å²) in [5, 5.41) is 18.2. The minimum atomic E-state index is -1.30. The third kappa shape index (κ3) is 1.95. The maximum Gasteiger partial charge on any atom is 0.408 e. The van der Waals surface area contributed by atoms with Crippen molar-refractivity contribution in [2.75, 3.05) is 6.54 Å². The molecule has 84 valence electrons. The van der Waals surface area contributed by atoms with Gasteiger partial charge >= 0.3 is 12.1 Å². The predicted octanol–water partition coefficient (Wildman–Crippen LogP) is 1.55. The van der Waals surface area contributed by atoms with E-state index in [2.05, 4.69) is 6.58 Å². The van der Waals surface area contributed by atoms with E-state index in [0.717, 1.165) is 17.7 Å². The first kappa shape index (κ1) is 11.6. The summed E-state index contributed by atoms with van der Waals surface area (Å²) in [6.45, 7) is 3.78. The molecule has 0 aromatic heterocycles. The number of carboxylic acid groups (broad SMARTS) is 2. The lowest BCUT2D eigenvalue weighted by Crippen LogP contribution is -2.58. The highest BCUT2D eigenvalue weighted by Crippen LogP contribution is 2.32. The zero-order valence-electron chi connectivity index (χ0n) is 8.48. The highest BCUT2D eigenvalue weighted by atomic mass is 16.4. The average Bonchev–Trinajstić information content (AvgIpc) is 2.18. The molecule has 0 aromatic rings. The van der Waals surface area contributed by atoms with Gasteiger partial charge in [0.25, 0.3) is 0 Å². The van der Waals surface area contributed by atoms with Gasteiger partial charge in [-0.2, -0.15) is 0 Å². The number of likely N-dealkylation sites (tertiary alicyclic amines) is 1. The summed E-state index contributed by atoms with van der Waals surface area (Å²) in [7, 11) is 0. The van der Waals surface area contributed by atoms with Gasteiger partial charge in [0.1, 0.15) is 5.54 Å². The van der Waals surface area contributed by atoms with Gasteiger partial charge in [-0.3, -0.25) is 4.90 Å². The maximum absolute atomic E-state index is 11.2. The second kappa shape index (κ2) is 4.33. The molecule has 1 rings (SSSR count). The highest BCUT2D eigenvalue weighted by Gasteiger charge is 2.47. The van der Waals surface area contributed by atoms with E-state index < -0.39 is 17.6 Å². The monoisotopic (exact) mass is 213 g/mol. The van der Waals surface area contributed by atoms with E-state index in [-0.39, 0.29) is 13.0 Å². The molecule has 5 heteroatoms. The molecule has 0 radical (unpaired) electrons. The van der Waals surface area contributed by atoms with Crippen LogP contribution in [0.5, 0.6) is 0 Å². The first-order chi connectivity index (χ1) is 7.04. The number of carboxylic acids is 1. The lowest BCUT2D eigenvalue weighted by molar-refractivity contribution is -0.152. The molecule has 1 saturated heterocycles. The van der Waals surface area contributed by atoms with Gasteiger partial charge in [-0.1, -0.05) is 6.08 Å². The van der Waals surface area contributed by atoms with Crippen LogP contribution in [0.3, 0.4) is 0 Å². The first-order valence-electron chi connectivity index (χ1n) is 4.89. The number of piperidine rings is 1. The Balaban J connectivity index is 3.03. The van der Waals surface area contributed by atoms with Crippen LogP contribution in [0.25, 0.3) is 0 Å². The number of rotatable bonds is 3. The Labute approximate surface area is 88.0 Å². The van der Waals surface area contributed by atoms with Crippen molar-refractivity contribution in [2.24, 2.45) is 0 Å². The first-order valence-corrected chi connectivity index (χ1v) is 4.89. The van der Waals surface area contributed by atoms with Gasteiger partial charge in [-0.05, 0) is 25.7 Å². The van der Waals surface area contributed by atoms with Crippen molar-refractivity contribution in [3.05, 3.63) is 12.7 Å². The van der Waals surface area contributed by atoms with Crippen LogP contribution in [0.15, 0.2) is 12.7 Å². The molecule has 5 nitrogen and oxygen atoms in total. The summed E-state index contributed by atoms with van der Waals surface area (Å²) in [6, 6.07) is 0. The number of hydrogen-bond acceptors (Lipinski definition) is 2. The fraction of sp³-hybridized carbons (Fsp3) is 0.600. The van der Waals surface area contributed by atoms with Gasteiger partial charge in [0, 0.05) is 6.54 Å². The number of nitrogens with zero attached hydrogens (tertiary/aromatic N) is 1. The van der Waals surface area contributed by atoms with Crippen molar-refractivity contribution in [2.45, 2.75) is 31.2 Å². The van der Waals surface area contributed by atoms with Crippen LogP contribution in [0, 0.1) is 0 Å². The summed E-state index contributed by atoms with van der Waals surface area (Å²) in [6.07, 6.45) is 2.28. The van der Waals surface area contributed by atoms with Crippen LogP contribution in [0.1, 0.15) is 25.7 Å². The van der Waals surface area contributed by atoms with Crippen molar-refractivity contribution in [3.63, 3.8) is 0 Å². The molecule has 0 aliphatic carbocycles. The summed E-state index contributed by atoms with van der Waals surface area (Å²) in [5.41, 5.74) is -1.30. The van der Waals surface area contributed by atoms with E-state index >= 15 is 0 Å². The third-order valence-corrected chi connectivity index (χ3v) is 2.85. The van der Waals surface area contributed by atoms with E-state index in [1.807, 2.05) is 0 Å². The molecule has 2 N–H and O–H groups in total. The molecule has 0 bridgehead atoms. The minimum absolute atomic E-state index is 0.161. The number of hydrogen-bond donors (Lipinski definition) is 2. The molecule has 1 atom stereocenters. The highest BCUT2D eigenvalue weighted by molar-refractivity contribution is 5.84. The van der Waals surface area contributed by atoms with Crippen molar-refractivity contribution in [1.29, 1.82) is 0 Å². The summed E-state index contributed by atoms with van der Waals surface area (Å²) < 4.78 is 0. The van der Waals surface area contributed by atoms with Crippen LogP contribution >= 0.6 is 0 Å². The zero-order valence-corrected chi connectivity index (χ0v) is 8.48. The lowest BCUT2D eigenvalue weighted by Gasteiger charge is -2.41. The lowest BCUT2D eigenvalue weighted by atomic mass is 9.84. The van der Waals surface area contributed by atoms with E-state index in [0.29, 0.717) is 6.42 Å². The van der Waals surface area contributed by atoms with Crippen LogP contribution in [-0.4, -0.2) is 39.3 Å². The van der Waals surface area contributed by atoms with Gasteiger partial charge in [-0.25, -0.2) is 9.59 Å². The number of carbonyl (C=O) groups is 2. The summed E-state index contributed by atoms with van der Waals surface area (Å²) >= 11 is 0. The molecule has 0 unspecified atom stereocenters. The predicted molar refractivity (Wildman–Crippen MR) is 53.8 cm³/mol. The van der Waals surface area contributed by atoms with Gasteiger partial charge in [0.2, 0.25) is 0 Å². The smallest absolute Gasteiger partial charge is 0.408 e. The van der Waals surface area contributed by atoms with Crippen molar-refractivity contribution in [3.8, 4) is 0 Å². The molecule has 15 heavy (non-hydrogen) atoms. The average molecular weight is 213 g/mol. The molecule has 1 aliphatic heterocycles. The normalized spacial score (nSPS) is 26.0. The van der Waals surface area contributed by atoms with Gasteiger partial charge < -0.3 is 10.2 Å². The van der Waals surface area contributed by atoms with Crippen molar-refractivity contribution >= 4 is 12.1 Å². The topological polar surface area (TPSA) is 77.8 Å². The Morgan fingerprint density at radius 1 is 1.40 bits per heavy atom. The molecule has 1 heterocycles. The molecule has 0 spiro atoms. The molecular formula is C10H15NO4. The Hall–Kier alpha value is -1.52. The number of aliphatic carboxylic acids is 1. The van der Waals surface area contributed by atoms with Crippen LogP contribution < -0.4 is 0 Å². The maximum atomic E-state index is 11.2. The van der Waals surface area contributed by atoms with Crippen LogP contribution in [0.4, 0.5) is 4.79 Å². The van der Waals surface area contributed by atoms with E-state index in [4.69, 9.17) is 5.11 Å².